The molecule has 2 aliphatic heterocycles. The number of carbonyl (C=O) groups is 2. The summed E-state index contributed by atoms with van der Waals surface area (Å²) in [6.45, 7) is 3.23. The van der Waals surface area contributed by atoms with E-state index in [2.05, 4.69) is 9.97 Å². The second-order valence-electron chi connectivity index (χ2n) is 6.37. The Balaban J connectivity index is 1.36. The lowest BCUT2D eigenvalue weighted by molar-refractivity contribution is -0.146. The van der Waals surface area contributed by atoms with E-state index >= 15 is 0 Å². The number of rotatable bonds is 3. The fourth-order valence-corrected chi connectivity index (χ4v) is 3.23. The zero-order valence-corrected chi connectivity index (χ0v) is 11.5. The number of aromatic carboxylic acids is 1. The molecule has 0 aromatic carbocycles. The van der Waals surface area contributed by atoms with Gasteiger partial charge in [-0.1, -0.05) is 0 Å². The van der Waals surface area contributed by atoms with Crippen LogP contribution in [0.15, 0.2) is 12.3 Å². The number of hydrogen-bond donors (Lipinski definition) is 1. The molecule has 2 saturated heterocycles. The van der Waals surface area contributed by atoms with Crippen molar-refractivity contribution in [3.8, 4) is 0 Å². The summed E-state index contributed by atoms with van der Waals surface area (Å²) in [6, 6.07) is 1.39. The van der Waals surface area contributed by atoms with Crippen LogP contribution < -0.4 is 4.90 Å². The predicted octanol–water partition coefficient (Wildman–Crippen LogP) is 0.233. The number of aromatic nitrogens is 2. The summed E-state index contributed by atoms with van der Waals surface area (Å²) < 4.78 is 0. The quantitative estimate of drug-likeness (QED) is 0.857. The second kappa shape index (κ2) is 4.16. The number of amides is 1. The second-order valence-corrected chi connectivity index (χ2v) is 6.37. The predicted molar refractivity (Wildman–Crippen MR) is 72.9 cm³/mol. The van der Waals surface area contributed by atoms with E-state index in [1.165, 1.54) is 12.3 Å². The van der Waals surface area contributed by atoms with Crippen LogP contribution in [0, 0.1) is 11.3 Å². The molecule has 0 bridgehead atoms. The molecule has 21 heavy (non-hydrogen) atoms. The van der Waals surface area contributed by atoms with Gasteiger partial charge in [0.05, 0.1) is 0 Å². The zero-order valence-electron chi connectivity index (χ0n) is 11.5. The van der Waals surface area contributed by atoms with Gasteiger partial charge in [0.15, 0.2) is 5.69 Å². The molecule has 1 spiro atoms. The summed E-state index contributed by atoms with van der Waals surface area (Å²) in [5.74, 6) is 0.0172. The topological polar surface area (TPSA) is 86.6 Å². The van der Waals surface area contributed by atoms with E-state index in [4.69, 9.17) is 5.11 Å². The molecule has 4 rings (SSSR count). The third-order valence-electron chi connectivity index (χ3n) is 4.49. The maximum absolute atomic E-state index is 11.9. The first-order valence-electron chi connectivity index (χ1n) is 7.16. The van der Waals surface area contributed by atoms with Gasteiger partial charge in [-0.2, -0.15) is 0 Å². The summed E-state index contributed by atoms with van der Waals surface area (Å²) in [5, 5.41) is 8.94. The number of carbonyl (C=O) groups excluding carboxylic acids is 1. The molecule has 7 nitrogen and oxygen atoms in total. The zero-order chi connectivity index (χ0) is 14.6. The van der Waals surface area contributed by atoms with Gasteiger partial charge >= 0.3 is 5.97 Å². The summed E-state index contributed by atoms with van der Waals surface area (Å²) >= 11 is 0. The minimum atomic E-state index is -1.04. The molecule has 3 heterocycles. The first-order valence-corrected chi connectivity index (χ1v) is 7.16. The maximum Gasteiger partial charge on any atom is 0.354 e. The first-order chi connectivity index (χ1) is 10.1. The van der Waals surface area contributed by atoms with Gasteiger partial charge in [-0.15, -0.1) is 0 Å². The van der Waals surface area contributed by atoms with Crippen LogP contribution in [0.5, 0.6) is 0 Å². The van der Waals surface area contributed by atoms with Gasteiger partial charge in [0.25, 0.3) is 0 Å². The third-order valence-corrected chi connectivity index (χ3v) is 4.49. The van der Waals surface area contributed by atoms with Crippen LogP contribution in [0.2, 0.25) is 0 Å². The maximum atomic E-state index is 11.9. The van der Waals surface area contributed by atoms with E-state index in [0.717, 1.165) is 39.0 Å². The van der Waals surface area contributed by atoms with Crippen molar-refractivity contribution in [3.63, 3.8) is 0 Å². The van der Waals surface area contributed by atoms with Crippen molar-refractivity contribution in [3.05, 3.63) is 18.0 Å². The van der Waals surface area contributed by atoms with Crippen LogP contribution in [-0.4, -0.2) is 58.0 Å². The Morgan fingerprint density at radius 3 is 2.57 bits per heavy atom. The van der Waals surface area contributed by atoms with E-state index in [9.17, 15) is 9.59 Å². The Labute approximate surface area is 121 Å². The molecule has 1 saturated carbocycles. The molecule has 1 N–H and O–H groups in total. The monoisotopic (exact) mass is 288 g/mol. The molecule has 3 aliphatic rings. The van der Waals surface area contributed by atoms with Gasteiger partial charge in [0.2, 0.25) is 11.9 Å². The van der Waals surface area contributed by atoms with Gasteiger partial charge in [0, 0.05) is 43.7 Å². The molecule has 0 atom stereocenters. The van der Waals surface area contributed by atoms with Gasteiger partial charge in [-0.3, -0.25) is 4.79 Å². The van der Waals surface area contributed by atoms with E-state index < -0.39 is 5.97 Å². The number of likely N-dealkylation sites (tertiary alicyclic amines) is 1. The van der Waals surface area contributed by atoms with Crippen LogP contribution in [0.1, 0.15) is 23.3 Å². The lowest BCUT2D eigenvalue weighted by atomic mass is 9.73. The minimum Gasteiger partial charge on any atom is -0.477 e. The van der Waals surface area contributed by atoms with E-state index in [-0.39, 0.29) is 17.0 Å². The van der Waals surface area contributed by atoms with Crippen molar-refractivity contribution in [2.24, 2.45) is 11.3 Å². The SMILES string of the molecule is O=C(O)c1ccnc(N2CC3(CN(C(=O)C4CC4)C3)C2)n1. The lowest BCUT2D eigenvalue weighted by Gasteiger charge is -2.60. The van der Waals surface area contributed by atoms with Crippen molar-refractivity contribution in [2.75, 3.05) is 31.1 Å². The molecule has 7 heteroatoms. The molecule has 0 radical (unpaired) electrons. The Kier molecular flexibility index (Phi) is 2.49. The standard InChI is InChI=1S/C14H16N4O3/c19-11(9-1-2-9)17-5-14(6-17)7-18(8-14)13-15-4-3-10(16-13)12(20)21/h3-4,9H,1-2,5-8H2,(H,20,21). The lowest BCUT2D eigenvalue weighted by Crippen LogP contribution is -2.73. The Morgan fingerprint density at radius 1 is 1.24 bits per heavy atom. The normalized spacial score (nSPS) is 22.7. The minimum absolute atomic E-state index is 0.0140. The number of hydrogen-bond acceptors (Lipinski definition) is 5. The van der Waals surface area contributed by atoms with Crippen LogP contribution in [0.4, 0.5) is 5.95 Å². The molecule has 1 aliphatic carbocycles. The number of carboxylic acids is 1. The van der Waals surface area contributed by atoms with Gasteiger partial charge < -0.3 is 14.9 Å². The molecule has 0 unspecified atom stereocenters. The van der Waals surface area contributed by atoms with E-state index in [1.54, 1.807) is 0 Å². The van der Waals surface area contributed by atoms with Crippen LogP contribution in [0.25, 0.3) is 0 Å². The highest BCUT2D eigenvalue weighted by molar-refractivity contribution is 5.85. The van der Waals surface area contributed by atoms with E-state index in [0.29, 0.717) is 11.9 Å². The van der Waals surface area contributed by atoms with Crippen molar-refractivity contribution < 1.29 is 14.7 Å². The first kappa shape index (κ1) is 12.6. The van der Waals surface area contributed by atoms with Gasteiger partial charge in [0.1, 0.15) is 0 Å². The fraction of sp³-hybridized carbons (Fsp3) is 0.571. The van der Waals surface area contributed by atoms with Crippen LogP contribution in [0.3, 0.4) is 0 Å². The number of nitrogens with zero attached hydrogens (tertiary/aromatic N) is 4. The molecule has 3 fully saturated rings. The molecule has 1 amide bonds. The highest BCUT2D eigenvalue weighted by Gasteiger charge is 2.55. The average Bonchev–Trinajstić information content (AvgIpc) is 3.19. The van der Waals surface area contributed by atoms with Crippen LogP contribution in [-0.2, 0) is 4.79 Å². The van der Waals surface area contributed by atoms with Gasteiger partial charge in [-0.25, -0.2) is 14.8 Å². The van der Waals surface area contributed by atoms with Gasteiger partial charge in [-0.05, 0) is 18.9 Å². The van der Waals surface area contributed by atoms with E-state index in [1.807, 2.05) is 9.80 Å². The summed E-state index contributed by atoms with van der Waals surface area (Å²) in [4.78, 5) is 34.9. The largest absolute Gasteiger partial charge is 0.477 e. The van der Waals surface area contributed by atoms with Crippen LogP contribution >= 0.6 is 0 Å². The average molecular weight is 288 g/mol. The molecular weight excluding hydrogens is 272 g/mol. The molecule has 110 valence electrons. The summed E-state index contributed by atoms with van der Waals surface area (Å²) in [6.07, 6.45) is 3.56. The number of anilines is 1. The highest BCUT2D eigenvalue weighted by Crippen LogP contribution is 2.43. The molecule has 1 aromatic heterocycles. The Bertz CT molecular complexity index is 614. The highest BCUT2D eigenvalue weighted by atomic mass is 16.4. The molecule has 1 aromatic rings. The van der Waals surface area contributed by atoms with Crippen molar-refractivity contribution >= 4 is 17.8 Å². The Hall–Kier alpha value is -2.18. The van der Waals surface area contributed by atoms with Crippen molar-refractivity contribution in [1.29, 1.82) is 0 Å². The smallest absolute Gasteiger partial charge is 0.354 e. The third kappa shape index (κ3) is 2.03. The number of carboxylic acid groups (broad SMARTS) is 1. The fourth-order valence-electron chi connectivity index (χ4n) is 3.23. The Morgan fingerprint density at radius 2 is 1.95 bits per heavy atom. The summed E-state index contributed by atoms with van der Waals surface area (Å²) in [7, 11) is 0. The summed E-state index contributed by atoms with van der Waals surface area (Å²) in [5.41, 5.74) is 0.188. The molecular formula is C14H16N4O3. The van der Waals surface area contributed by atoms with Crippen molar-refractivity contribution in [1.82, 2.24) is 14.9 Å². The van der Waals surface area contributed by atoms with Crippen molar-refractivity contribution in [2.45, 2.75) is 12.8 Å².